The molecular weight excluding hydrogens is 488 g/mol. The van der Waals surface area contributed by atoms with E-state index in [1.807, 2.05) is 27.7 Å². The number of aryl methyl sites for hydroxylation is 1. The van der Waals surface area contributed by atoms with Gasteiger partial charge in [-0.15, -0.1) is 0 Å². The minimum absolute atomic E-state index is 0.0243. The lowest BCUT2D eigenvalue weighted by atomic mass is 10.00. The molecule has 1 saturated heterocycles. The van der Waals surface area contributed by atoms with Crippen LogP contribution in [0.4, 0.5) is 10.5 Å². The van der Waals surface area contributed by atoms with Gasteiger partial charge in [0.2, 0.25) is 6.41 Å². The molecule has 9 nitrogen and oxygen atoms in total. The van der Waals surface area contributed by atoms with Crippen molar-refractivity contribution in [2.24, 2.45) is 0 Å². The number of piperidine rings is 1. The summed E-state index contributed by atoms with van der Waals surface area (Å²) in [5.74, 6) is 0.915. The monoisotopic (exact) mass is 536 g/mol. The van der Waals surface area contributed by atoms with Crippen molar-refractivity contribution >= 4 is 24.5 Å². The van der Waals surface area contributed by atoms with Crippen LogP contribution in [0.3, 0.4) is 0 Å². The number of carbonyl (C=O) groups excluding carboxylic acids is 3. The first-order chi connectivity index (χ1) is 18.5. The van der Waals surface area contributed by atoms with Crippen LogP contribution in [0.15, 0.2) is 24.8 Å². The minimum Gasteiger partial charge on any atom is -0.493 e. The standard InChI is InChI=1S/C25H36N2O7.2C2H6/c1-4-14-34-25(31)27(24(30)20-11-7-8-12-26(20)18-29)21-17-23(22(32-3)16-19(21)2)33-15-10-6-5-9-13-28;2*1-2/h4,13,16-18,20,24,30H,1,5-12,14-15H2,2-3H3;2*1-2H3. The van der Waals surface area contributed by atoms with Crippen molar-refractivity contribution in [2.75, 3.05) is 31.8 Å². The molecule has 0 aromatic heterocycles. The zero-order valence-corrected chi connectivity index (χ0v) is 24.1. The van der Waals surface area contributed by atoms with E-state index in [-0.39, 0.29) is 6.61 Å². The molecule has 0 aliphatic carbocycles. The van der Waals surface area contributed by atoms with E-state index in [0.29, 0.717) is 55.2 Å². The Morgan fingerprint density at radius 3 is 2.47 bits per heavy atom. The highest BCUT2D eigenvalue weighted by Crippen LogP contribution is 2.37. The molecule has 1 fully saturated rings. The zero-order chi connectivity index (χ0) is 28.9. The highest BCUT2D eigenvalue weighted by molar-refractivity contribution is 5.90. The van der Waals surface area contributed by atoms with Gasteiger partial charge in [0.25, 0.3) is 0 Å². The molecule has 216 valence electrons. The van der Waals surface area contributed by atoms with Gasteiger partial charge in [0.05, 0.1) is 25.4 Å². The van der Waals surface area contributed by atoms with Crippen LogP contribution in [0, 0.1) is 6.92 Å². The van der Waals surface area contributed by atoms with Crippen LogP contribution in [-0.4, -0.2) is 67.9 Å². The molecule has 2 amide bonds. The number of unbranched alkanes of at least 4 members (excludes halogenated alkanes) is 3. The van der Waals surface area contributed by atoms with Crippen LogP contribution in [0.25, 0.3) is 0 Å². The Morgan fingerprint density at radius 2 is 1.87 bits per heavy atom. The van der Waals surface area contributed by atoms with Gasteiger partial charge in [-0.3, -0.25) is 4.79 Å². The molecular formula is C29H48N2O7. The quantitative estimate of drug-likeness (QED) is 0.142. The van der Waals surface area contributed by atoms with Gasteiger partial charge in [0.15, 0.2) is 17.7 Å². The van der Waals surface area contributed by atoms with Crippen LogP contribution in [0.2, 0.25) is 0 Å². The predicted octanol–water partition coefficient (Wildman–Crippen LogP) is 5.65. The van der Waals surface area contributed by atoms with Gasteiger partial charge in [-0.2, -0.15) is 0 Å². The first-order valence-corrected chi connectivity index (χ1v) is 13.7. The number of benzene rings is 1. The normalized spacial score (nSPS) is 14.9. The maximum absolute atomic E-state index is 13.0. The van der Waals surface area contributed by atoms with E-state index in [1.54, 1.807) is 19.1 Å². The van der Waals surface area contributed by atoms with Crippen molar-refractivity contribution in [1.29, 1.82) is 0 Å². The number of nitrogens with zero attached hydrogens (tertiary/aromatic N) is 2. The van der Waals surface area contributed by atoms with Crippen molar-refractivity contribution in [3.63, 3.8) is 0 Å². The Hall–Kier alpha value is -3.07. The lowest BCUT2D eigenvalue weighted by Gasteiger charge is -2.40. The van der Waals surface area contributed by atoms with Crippen LogP contribution in [0.5, 0.6) is 11.5 Å². The van der Waals surface area contributed by atoms with Crippen molar-refractivity contribution in [2.45, 2.75) is 91.8 Å². The predicted molar refractivity (Wildman–Crippen MR) is 151 cm³/mol. The molecule has 1 aliphatic heterocycles. The summed E-state index contributed by atoms with van der Waals surface area (Å²) in [6.45, 7) is 14.3. The molecule has 38 heavy (non-hydrogen) atoms. The Balaban J connectivity index is 0.00000326. The third-order valence-corrected chi connectivity index (χ3v) is 5.82. The first kappa shape index (κ1) is 34.9. The molecule has 2 unspecified atom stereocenters. The number of likely N-dealkylation sites (tertiary alicyclic amines) is 1. The minimum atomic E-state index is -1.31. The summed E-state index contributed by atoms with van der Waals surface area (Å²) >= 11 is 0. The number of aldehydes is 1. The maximum atomic E-state index is 13.0. The number of aliphatic hydroxyl groups is 1. The van der Waals surface area contributed by atoms with Gasteiger partial charge < -0.3 is 29.0 Å². The highest BCUT2D eigenvalue weighted by atomic mass is 16.6. The second-order valence-electron chi connectivity index (χ2n) is 8.21. The Labute approximate surface area is 228 Å². The lowest BCUT2D eigenvalue weighted by molar-refractivity contribution is -0.124. The first-order valence-electron chi connectivity index (χ1n) is 13.7. The molecule has 0 radical (unpaired) electrons. The van der Waals surface area contributed by atoms with Crippen molar-refractivity contribution < 1.29 is 33.7 Å². The van der Waals surface area contributed by atoms with Gasteiger partial charge in [-0.05, 0) is 57.1 Å². The summed E-state index contributed by atoms with van der Waals surface area (Å²) in [5.41, 5.74) is 1.06. The second-order valence-corrected chi connectivity index (χ2v) is 8.21. The molecule has 2 rings (SSSR count). The van der Waals surface area contributed by atoms with Crippen LogP contribution in [0.1, 0.15) is 78.2 Å². The summed E-state index contributed by atoms with van der Waals surface area (Å²) in [6.07, 6.45) is 6.15. The molecule has 2 atom stereocenters. The smallest absolute Gasteiger partial charge is 0.416 e. The largest absolute Gasteiger partial charge is 0.493 e. The third kappa shape index (κ3) is 10.7. The number of ether oxygens (including phenoxy) is 3. The Kier molecular flexibility index (Phi) is 19.2. The lowest BCUT2D eigenvalue weighted by Crippen LogP contribution is -2.55. The number of aliphatic hydroxyl groups excluding tert-OH is 1. The number of carbonyl (C=O) groups is 3. The Bertz CT molecular complexity index is 831. The van der Waals surface area contributed by atoms with Crippen LogP contribution < -0.4 is 14.4 Å². The summed E-state index contributed by atoms with van der Waals surface area (Å²) in [4.78, 5) is 37.8. The summed E-state index contributed by atoms with van der Waals surface area (Å²) < 4.78 is 16.7. The highest BCUT2D eigenvalue weighted by Gasteiger charge is 2.37. The van der Waals surface area contributed by atoms with Gasteiger partial charge in [0.1, 0.15) is 12.9 Å². The van der Waals surface area contributed by atoms with E-state index in [4.69, 9.17) is 14.2 Å². The van der Waals surface area contributed by atoms with Crippen molar-refractivity contribution in [1.82, 2.24) is 4.90 Å². The van der Waals surface area contributed by atoms with Crippen LogP contribution in [-0.2, 0) is 14.3 Å². The molecule has 1 aromatic carbocycles. The fraction of sp³-hybridized carbons (Fsp3) is 0.621. The molecule has 9 heteroatoms. The van der Waals surface area contributed by atoms with E-state index in [2.05, 4.69) is 6.58 Å². The number of amides is 2. The fourth-order valence-electron chi connectivity index (χ4n) is 4.02. The molecule has 1 N–H and O–H groups in total. The molecule has 0 saturated carbocycles. The SMILES string of the molecule is C=CCOC(=O)N(c1cc(OCCCCCC=O)c(OC)cc1C)C(O)C1CCCCN1C=O.CC.CC. The molecule has 0 bridgehead atoms. The maximum Gasteiger partial charge on any atom is 0.416 e. The van der Waals surface area contributed by atoms with E-state index in [9.17, 15) is 19.5 Å². The van der Waals surface area contributed by atoms with E-state index >= 15 is 0 Å². The van der Waals surface area contributed by atoms with E-state index in [0.717, 1.165) is 38.4 Å². The van der Waals surface area contributed by atoms with E-state index < -0.39 is 18.4 Å². The van der Waals surface area contributed by atoms with Gasteiger partial charge in [0, 0.05) is 19.0 Å². The average molecular weight is 537 g/mol. The zero-order valence-electron chi connectivity index (χ0n) is 24.1. The fourth-order valence-corrected chi connectivity index (χ4v) is 4.02. The summed E-state index contributed by atoms with van der Waals surface area (Å²) in [5, 5.41) is 11.3. The van der Waals surface area contributed by atoms with Crippen molar-refractivity contribution in [3.8, 4) is 11.5 Å². The molecule has 1 heterocycles. The number of hydrogen-bond acceptors (Lipinski definition) is 7. The number of anilines is 1. The van der Waals surface area contributed by atoms with E-state index in [1.165, 1.54) is 23.0 Å². The molecule has 1 aromatic rings. The van der Waals surface area contributed by atoms with Crippen molar-refractivity contribution in [3.05, 3.63) is 30.4 Å². The topological polar surface area (TPSA) is 106 Å². The number of hydrogen-bond donors (Lipinski definition) is 1. The number of rotatable bonds is 14. The van der Waals surface area contributed by atoms with Gasteiger partial charge in [-0.25, -0.2) is 9.69 Å². The Morgan fingerprint density at radius 1 is 1.16 bits per heavy atom. The summed E-state index contributed by atoms with van der Waals surface area (Å²) in [7, 11) is 1.53. The number of methoxy groups -OCH3 is 1. The van der Waals surface area contributed by atoms with Gasteiger partial charge >= 0.3 is 6.09 Å². The average Bonchev–Trinajstić information content (AvgIpc) is 2.96. The summed E-state index contributed by atoms with van der Waals surface area (Å²) in [6, 6.07) is 2.81. The van der Waals surface area contributed by atoms with Gasteiger partial charge in [-0.1, -0.05) is 40.3 Å². The molecule has 0 spiro atoms. The van der Waals surface area contributed by atoms with Crippen LogP contribution >= 0.6 is 0 Å². The third-order valence-electron chi connectivity index (χ3n) is 5.82. The second kappa shape index (κ2) is 20.9. The molecule has 1 aliphatic rings.